The number of halogens is 2. The Kier molecular flexibility index (Phi) is 5.70. The normalized spacial score (nSPS) is 28.0. The molecule has 2 aromatic rings. The summed E-state index contributed by atoms with van der Waals surface area (Å²) < 4.78 is 10.8. The van der Waals surface area contributed by atoms with Crippen molar-refractivity contribution in [3.63, 3.8) is 0 Å². The van der Waals surface area contributed by atoms with Crippen molar-refractivity contribution in [1.82, 2.24) is 10.3 Å². The SMILES string of the molecule is Cc1ccc2c(Cl)cc(Cl)c(OCC(=O)OCC(=O)NC34CC5CC(CC(C5)C3)C4)c2n1. The number of pyridine rings is 1. The summed E-state index contributed by atoms with van der Waals surface area (Å²) in [5.41, 5.74) is 1.15. The number of esters is 1. The minimum atomic E-state index is -0.641. The molecule has 8 heteroatoms. The molecule has 4 fully saturated rings. The van der Waals surface area contributed by atoms with E-state index in [1.54, 1.807) is 6.07 Å². The Morgan fingerprint density at radius 3 is 2.38 bits per heavy atom. The molecule has 1 aromatic carbocycles. The van der Waals surface area contributed by atoms with E-state index in [1.165, 1.54) is 19.3 Å². The van der Waals surface area contributed by atoms with Gasteiger partial charge < -0.3 is 14.8 Å². The van der Waals surface area contributed by atoms with Crippen molar-refractivity contribution in [3.8, 4) is 5.75 Å². The zero-order valence-corrected chi connectivity index (χ0v) is 19.5. The van der Waals surface area contributed by atoms with Gasteiger partial charge in [-0.1, -0.05) is 23.2 Å². The van der Waals surface area contributed by atoms with E-state index in [0.29, 0.717) is 15.9 Å². The number of carbonyl (C=O) groups is 2. The molecule has 1 amide bonds. The maximum absolute atomic E-state index is 12.5. The van der Waals surface area contributed by atoms with Crippen molar-refractivity contribution >= 4 is 46.0 Å². The number of fused-ring (bicyclic) bond motifs is 1. The van der Waals surface area contributed by atoms with Gasteiger partial charge in [-0.2, -0.15) is 0 Å². The quantitative estimate of drug-likeness (QED) is 0.602. The largest absolute Gasteiger partial charge is 0.478 e. The Bertz CT molecular complexity index is 1050. The summed E-state index contributed by atoms with van der Waals surface area (Å²) in [6.45, 7) is 1.15. The highest BCUT2D eigenvalue weighted by molar-refractivity contribution is 6.39. The maximum atomic E-state index is 12.5. The van der Waals surface area contributed by atoms with E-state index >= 15 is 0 Å². The molecule has 0 spiro atoms. The predicted molar refractivity (Wildman–Crippen MR) is 122 cm³/mol. The first-order valence-corrected chi connectivity index (χ1v) is 11.9. The molecule has 32 heavy (non-hydrogen) atoms. The highest BCUT2D eigenvalue weighted by atomic mass is 35.5. The van der Waals surface area contributed by atoms with Crippen LogP contribution in [0.4, 0.5) is 0 Å². The lowest BCUT2D eigenvalue weighted by atomic mass is 9.53. The number of aromatic nitrogens is 1. The standard InChI is InChI=1S/C24H26Cl2N2O4/c1-13-2-3-17-18(25)7-19(26)23(22(17)27-13)32-12-21(30)31-11-20(29)28-24-8-14-4-15(9-24)6-16(5-14)10-24/h2-3,7,14-16H,4-6,8-12H2,1H3,(H,28,29). The lowest BCUT2D eigenvalue weighted by Gasteiger charge is -2.56. The molecule has 0 aliphatic heterocycles. The molecule has 6 nitrogen and oxygen atoms in total. The highest BCUT2D eigenvalue weighted by Crippen LogP contribution is 2.55. The summed E-state index contributed by atoms with van der Waals surface area (Å²) in [6, 6.07) is 5.22. The second-order valence-electron chi connectivity index (χ2n) is 9.71. The van der Waals surface area contributed by atoms with Gasteiger partial charge in [-0.25, -0.2) is 9.78 Å². The first-order chi connectivity index (χ1) is 15.3. The van der Waals surface area contributed by atoms with Crippen LogP contribution in [0.1, 0.15) is 44.2 Å². The van der Waals surface area contributed by atoms with Gasteiger partial charge in [0.25, 0.3) is 5.91 Å². The fourth-order valence-corrected chi connectivity index (χ4v) is 6.91. The van der Waals surface area contributed by atoms with Gasteiger partial charge in [0.05, 0.1) is 10.0 Å². The average Bonchev–Trinajstić information content (AvgIpc) is 2.70. The Labute approximate surface area is 196 Å². The third-order valence-electron chi connectivity index (χ3n) is 7.12. The number of carbonyl (C=O) groups excluding carboxylic acids is 2. The van der Waals surface area contributed by atoms with Crippen LogP contribution >= 0.6 is 23.2 Å². The smallest absolute Gasteiger partial charge is 0.344 e. The van der Waals surface area contributed by atoms with Gasteiger partial charge in [0.2, 0.25) is 0 Å². The van der Waals surface area contributed by atoms with Crippen LogP contribution in [0.5, 0.6) is 5.75 Å². The van der Waals surface area contributed by atoms with Gasteiger partial charge in [-0.15, -0.1) is 0 Å². The average molecular weight is 477 g/mol. The Hall–Kier alpha value is -2.05. The molecule has 1 N–H and O–H groups in total. The maximum Gasteiger partial charge on any atom is 0.344 e. The van der Waals surface area contributed by atoms with E-state index in [-0.39, 0.29) is 35.4 Å². The lowest BCUT2D eigenvalue weighted by Crippen LogP contribution is -2.60. The molecule has 4 aliphatic carbocycles. The molecular weight excluding hydrogens is 451 g/mol. The molecular formula is C24H26Cl2N2O4. The van der Waals surface area contributed by atoms with Crippen LogP contribution in [0.3, 0.4) is 0 Å². The van der Waals surface area contributed by atoms with Crippen LogP contribution < -0.4 is 10.1 Å². The monoisotopic (exact) mass is 476 g/mol. The Morgan fingerprint density at radius 1 is 1.06 bits per heavy atom. The molecule has 4 bridgehead atoms. The molecule has 0 saturated heterocycles. The second kappa shape index (κ2) is 8.38. The molecule has 0 atom stereocenters. The van der Waals surface area contributed by atoms with Crippen molar-refractivity contribution in [2.75, 3.05) is 13.2 Å². The summed E-state index contributed by atoms with van der Waals surface area (Å²) in [5.74, 6) is 1.57. The van der Waals surface area contributed by atoms with Gasteiger partial charge in [0.1, 0.15) is 5.52 Å². The molecule has 1 aromatic heterocycles. The molecule has 1 heterocycles. The van der Waals surface area contributed by atoms with Gasteiger partial charge in [-0.3, -0.25) is 4.79 Å². The lowest BCUT2D eigenvalue weighted by molar-refractivity contribution is -0.151. The van der Waals surface area contributed by atoms with Crippen LogP contribution in [0.2, 0.25) is 10.0 Å². The fourth-order valence-electron chi connectivity index (χ4n) is 6.34. The number of benzene rings is 1. The summed E-state index contributed by atoms with van der Waals surface area (Å²) in [6.07, 6.45) is 7.07. The van der Waals surface area contributed by atoms with Crippen LogP contribution in [0.15, 0.2) is 18.2 Å². The number of ether oxygens (including phenoxy) is 2. The highest BCUT2D eigenvalue weighted by Gasteiger charge is 2.51. The summed E-state index contributed by atoms with van der Waals surface area (Å²) in [4.78, 5) is 29.2. The van der Waals surface area contributed by atoms with E-state index < -0.39 is 5.97 Å². The van der Waals surface area contributed by atoms with Crippen molar-refractivity contribution in [3.05, 3.63) is 33.9 Å². The van der Waals surface area contributed by atoms with E-state index in [0.717, 1.165) is 42.7 Å². The number of aryl methyl sites for hydroxylation is 1. The van der Waals surface area contributed by atoms with Gasteiger partial charge in [0.15, 0.2) is 19.0 Å². The van der Waals surface area contributed by atoms with E-state index in [1.807, 2.05) is 19.1 Å². The number of hydrogen-bond donors (Lipinski definition) is 1. The van der Waals surface area contributed by atoms with Crippen LogP contribution in [-0.4, -0.2) is 35.6 Å². The fraction of sp³-hybridized carbons (Fsp3) is 0.542. The molecule has 170 valence electrons. The van der Waals surface area contributed by atoms with E-state index in [4.69, 9.17) is 32.7 Å². The number of hydrogen-bond acceptors (Lipinski definition) is 5. The molecule has 4 saturated carbocycles. The van der Waals surface area contributed by atoms with Crippen LogP contribution in [-0.2, 0) is 14.3 Å². The summed E-state index contributed by atoms with van der Waals surface area (Å²) in [7, 11) is 0. The van der Waals surface area contributed by atoms with Crippen LogP contribution in [0.25, 0.3) is 10.9 Å². The molecule has 4 aliphatic rings. The molecule has 0 radical (unpaired) electrons. The number of nitrogens with one attached hydrogen (secondary N) is 1. The third-order valence-corrected chi connectivity index (χ3v) is 7.71. The van der Waals surface area contributed by atoms with Crippen molar-refractivity contribution < 1.29 is 19.1 Å². The first kappa shape index (κ1) is 21.8. The predicted octanol–water partition coefficient (Wildman–Crippen LogP) is 4.86. The topological polar surface area (TPSA) is 77.5 Å². The Morgan fingerprint density at radius 2 is 1.72 bits per heavy atom. The van der Waals surface area contributed by atoms with Crippen molar-refractivity contribution in [2.24, 2.45) is 17.8 Å². The molecule has 6 rings (SSSR count). The van der Waals surface area contributed by atoms with Crippen LogP contribution in [0, 0.1) is 24.7 Å². The zero-order chi connectivity index (χ0) is 22.5. The van der Waals surface area contributed by atoms with E-state index in [2.05, 4.69) is 10.3 Å². The second-order valence-corrected chi connectivity index (χ2v) is 10.5. The third kappa shape index (κ3) is 4.27. The Balaban J connectivity index is 1.17. The number of nitrogens with zero attached hydrogens (tertiary/aromatic N) is 1. The summed E-state index contributed by atoms with van der Waals surface area (Å²) in [5, 5.41) is 4.59. The van der Waals surface area contributed by atoms with Gasteiger partial charge in [0, 0.05) is 16.6 Å². The number of amides is 1. The minimum Gasteiger partial charge on any atom is -0.478 e. The molecule has 0 unspecified atom stereocenters. The zero-order valence-electron chi connectivity index (χ0n) is 18.0. The summed E-state index contributed by atoms with van der Waals surface area (Å²) >= 11 is 12.5. The van der Waals surface area contributed by atoms with Gasteiger partial charge >= 0.3 is 5.97 Å². The minimum absolute atomic E-state index is 0.103. The first-order valence-electron chi connectivity index (χ1n) is 11.1. The number of rotatable bonds is 6. The van der Waals surface area contributed by atoms with Gasteiger partial charge in [-0.05, 0) is 81.4 Å². The van der Waals surface area contributed by atoms with Crippen molar-refractivity contribution in [1.29, 1.82) is 0 Å². The van der Waals surface area contributed by atoms with E-state index in [9.17, 15) is 9.59 Å². The van der Waals surface area contributed by atoms with Crippen molar-refractivity contribution in [2.45, 2.75) is 51.0 Å².